The van der Waals surface area contributed by atoms with Crippen molar-refractivity contribution >= 4 is 52.7 Å². The predicted molar refractivity (Wildman–Crippen MR) is 200 cm³/mol. The number of nitrogens with one attached hydrogen (secondary N) is 3. The van der Waals surface area contributed by atoms with Crippen LogP contribution in [-0.4, -0.2) is 141 Å². The number of carbonyl (C=O) groups is 5. The molecule has 1 aromatic heterocycles. The van der Waals surface area contributed by atoms with Crippen molar-refractivity contribution in [1.82, 2.24) is 20.2 Å². The van der Waals surface area contributed by atoms with Crippen LogP contribution in [0, 0.1) is 5.92 Å². The van der Waals surface area contributed by atoms with Gasteiger partial charge in [0.15, 0.2) is 6.23 Å². The summed E-state index contributed by atoms with van der Waals surface area (Å²) in [5.74, 6) is -7.26. The van der Waals surface area contributed by atoms with Crippen LogP contribution in [0.1, 0.15) is 64.5 Å². The molecular weight excluding hydrogens is 875 g/mol. The number of unbranched alkanes of at least 4 members (excludes halogenated alkanes) is 2. The first-order valence-corrected chi connectivity index (χ1v) is 23.1. The predicted octanol–water partition coefficient (Wildman–Crippen LogP) is -2.02. The minimum Gasteiger partial charge on any atom is -0.481 e. The van der Waals surface area contributed by atoms with E-state index in [2.05, 4.69) is 24.0 Å². The molecule has 2 rings (SSSR count). The maximum absolute atomic E-state index is 12.7. The average molecular weight is 926 g/mol. The Morgan fingerprint density at radius 3 is 2.13 bits per heavy atom. The molecule has 342 valence electrons. The van der Waals surface area contributed by atoms with Gasteiger partial charge in [0, 0.05) is 31.0 Å². The number of ether oxygens (including phenoxy) is 1. The van der Waals surface area contributed by atoms with Gasteiger partial charge in [-0.25, -0.2) is 18.7 Å². The molecule has 2 heterocycles. The molecule has 0 aliphatic carbocycles. The second kappa shape index (κ2) is 23.5. The van der Waals surface area contributed by atoms with E-state index in [9.17, 15) is 82.4 Å². The smallest absolute Gasteiger partial charge is 0.481 e. The van der Waals surface area contributed by atoms with E-state index in [0.717, 1.165) is 16.8 Å². The highest BCUT2D eigenvalue weighted by atomic mass is 31.3. The number of hydrogen-bond donors (Lipinski definition) is 12. The third-order valence-corrected chi connectivity index (χ3v) is 13.4. The molecule has 27 nitrogen and oxygen atoms in total. The summed E-state index contributed by atoms with van der Waals surface area (Å²) in [5.41, 5.74) is 3.63. The highest BCUT2D eigenvalue weighted by molar-refractivity contribution is 7.61. The van der Waals surface area contributed by atoms with Crippen molar-refractivity contribution in [3.05, 3.63) is 33.1 Å². The number of nitrogens with zero attached hydrogens (tertiary/aromatic N) is 1. The monoisotopic (exact) mass is 925 g/mol. The summed E-state index contributed by atoms with van der Waals surface area (Å²) in [6.45, 7) is -0.270. The van der Waals surface area contributed by atoms with Crippen LogP contribution >= 0.6 is 23.0 Å². The van der Waals surface area contributed by atoms with E-state index in [0.29, 0.717) is 0 Å². The molecule has 0 aromatic carbocycles. The highest BCUT2D eigenvalue weighted by Crippen LogP contribution is 2.60. The first-order chi connectivity index (χ1) is 27.7. The lowest BCUT2D eigenvalue weighted by atomic mass is 10.0. The van der Waals surface area contributed by atoms with Gasteiger partial charge in [-0.3, -0.25) is 47.1 Å². The molecule has 0 radical (unpaired) electrons. The second-order valence-electron chi connectivity index (χ2n) is 13.7. The SMILES string of the molecule is C[C@H](NC(=O)CCCCCOP(=O)(O)OP(=O)(O)OC[C@H]1O[C@@H](n2ccc(=O)[nH]c2=O)[C@H](O)[C@@H]1O)C(=O)N[C@H](CCP(=O)(O)CC(CCC[C@H](N)C(=O)O)C(=O)O)C(=O)O. The molecule has 1 aliphatic heterocycles. The topological polar surface area (TPSA) is 440 Å². The first kappa shape index (κ1) is 52.5. The quantitative estimate of drug-likeness (QED) is 0.0319. The molecule has 1 fully saturated rings. The molecule has 60 heavy (non-hydrogen) atoms. The Kier molecular flexibility index (Phi) is 20.6. The number of nitrogens with two attached hydrogens (primary N) is 1. The van der Waals surface area contributed by atoms with Gasteiger partial charge in [0.25, 0.3) is 5.56 Å². The molecule has 0 saturated carbocycles. The van der Waals surface area contributed by atoms with Gasteiger partial charge in [0.05, 0.1) is 19.1 Å². The molecule has 1 aliphatic rings. The fourth-order valence-electron chi connectivity index (χ4n) is 5.51. The van der Waals surface area contributed by atoms with Crippen LogP contribution in [-0.2, 0) is 55.8 Å². The summed E-state index contributed by atoms with van der Waals surface area (Å²) in [6.07, 6.45) is -7.72. The van der Waals surface area contributed by atoms with Crippen LogP contribution in [0.15, 0.2) is 21.9 Å². The van der Waals surface area contributed by atoms with E-state index < -0.39 is 145 Å². The van der Waals surface area contributed by atoms with Crippen molar-refractivity contribution in [2.45, 2.75) is 101 Å². The number of carbonyl (C=O) groups excluding carboxylic acids is 2. The van der Waals surface area contributed by atoms with Crippen LogP contribution in [0.25, 0.3) is 0 Å². The number of H-pyrrole nitrogens is 1. The molecule has 1 saturated heterocycles. The molecule has 11 atom stereocenters. The number of aliphatic hydroxyl groups excluding tert-OH is 2. The molecule has 30 heteroatoms. The number of carboxylic acids is 3. The van der Waals surface area contributed by atoms with Gasteiger partial charge >= 0.3 is 39.2 Å². The largest absolute Gasteiger partial charge is 0.481 e. The van der Waals surface area contributed by atoms with Gasteiger partial charge in [-0.1, -0.05) is 12.8 Å². The molecule has 0 bridgehead atoms. The zero-order valence-corrected chi connectivity index (χ0v) is 34.6. The van der Waals surface area contributed by atoms with Gasteiger partial charge in [0.2, 0.25) is 19.2 Å². The Hall–Kier alpha value is -3.68. The molecule has 4 unspecified atom stereocenters. The average Bonchev–Trinajstić information content (AvgIpc) is 3.41. The minimum absolute atomic E-state index is 0.0143. The first-order valence-electron chi connectivity index (χ1n) is 18.1. The number of aliphatic carboxylic acids is 3. The van der Waals surface area contributed by atoms with Gasteiger partial charge in [-0.05, 0) is 39.0 Å². The maximum atomic E-state index is 12.7. The number of amides is 2. The number of aliphatic hydroxyl groups is 2. The number of aromatic nitrogens is 2. The normalized spacial score (nSPS) is 22.9. The Bertz CT molecular complexity index is 1930. The fraction of sp³-hybridized carbons (Fsp3) is 0.700. The van der Waals surface area contributed by atoms with E-state index in [-0.39, 0.29) is 44.9 Å². The van der Waals surface area contributed by atoms with E-state index >= 15 is 0 Å². The Balaban J connectivity index is 1.72. The van der Waals surface area contributed by atoms with Gasteiger partial charge in [0.1, 0.15) is 36.4 Å². The van der Waals surface area contributed by atoms with Crippen molar-refractivity contribution in [3.8, 4) is 0 Å². The van der Waals surface area contributed by atoms with Gasteiger partial charge in [-0.15, -0.1) is 0 Å². The molecule has 2 amide bonds. The number of phosphoric acid groups is 2. The Labute approximate surface area is 339 Å². The molecular formula is C30H50N5O22P3. The molecule has 1 aromatic rings. The third-order valence-electron chi connectivity index (χ3n) is 8.77. The Morgan fingerprint density at radius 1 is 0.883 bits per heavy atom. The highest BCUT2D eigenvalue weighted by Gasteiger charge is 2.46. The number of rotatable bonds is 28. The van der Waals surface area contributed by atoms with E-state index in [1.54, 1.807) is 0 Å². The van der Waals surface area contributed by atoms with Crippen molar-refractivity contribution < 1.29 is 96.0 Å². The summed E-state index contributed by atoms with van der Waals surface area (Å²) in [7, 11) is -14.9. The number of phosphoric ester groups is 2. The zero-order chi connectivity index (χ0) is 45.6. The summed E-state index contributed by atoms with van der Waals surface area (Å²) in [6, 6.07) is -3.28. The Morgan fingerprint density at radius 2 is 1.53 bits per heavy atom. The lowest BCUT2D eigenvalue weighted by Crippen LogP contribution is -2.50. The van der Waals surface area contributed by atoms with Crippen molar-refractivity contribution in [2.75, 3.05) is 25.5 Å². The lowest BCUT2D eigenvalue weighted by Gasteiger charge is -2.21. The summed E-state index contributed by atoms with van der Waals surface area (Å²) >= 11 is 0. The number of carboxylic acid groups (broad SMARTS) is 3. The fourth-order valence-corrected chi connectivity index (χ4v) is 9.50. The summed E-state index contributed by atoms with van der Waals surface area (Å²) in [5, 5.41) is 52.8. The van der Waals surface area contributed by atoms with Crippen molar-refractivity contribution in [3.63, 3.8) is 0 Å². The van der Waals surface area contributed by atoms with Crippen LogP contribution in [0.5, 0.6) is 0 Å². The number of aromatic amines is 1. The van der Waals surface area contributed by atoms with Crippen LogP contribution in [0.3, 0.4) is 0 Å². The van der Waals surface area contributed by atoms with Gasteiger partial charge < -0.3 is 61.3 Å². The van der Waals surface area contributed by atoms with E-state index in [1.807, 2.05) is 4.98 Å². The van der Waals surface area contributed by atoms with Crippen LogP contribution in [0.2, 0.25) is 0 Å². The van der Waals surface area contributed by atoms with Gasteiger partial charge in [-0.2, -0.15) is 4.31 Å². The van der Waals surface area contributed by atoms with Crippen molar-refractivity contribution in [1.29, 1.82) is 0 Å². The van der Waals surface area contributed by atoms with Crippen LogP contribution in [0.4, 0.5) is 0 Å². The maximum Gasteiger partial charge on any atom is 0.481 e. The number of hydrogen-bond acceptors (Lipinski definition) is 17. The second-order valence-corrected chi connectivity index (χ2v) is 19.2. The third kappa shape index (κ3) is 18.1. The van der Waals surface area contributed by atoms with Crippen LogP contribution < -0.4 is 27.6 Å². The van der Waals surface area contributed by atoms with Crippen molar-refractivity contribution in [2.24, 2.45) is 11.7 Å². The van der Waals surface area contributed by atoms with E-state index in [1.165, 1.54) is 6.92 Å². The summed E-state index contributed by atoms with van der Waals surface area (Å²) in [4.78, 5) is 115. The molecule has 13 N–H and O–H groups in total. The zero-order valence-electron chi connectivity index (χ0n) is 31.9. The standard InChI is InChI=1S/C30H50N5O22P3/c1-16(25(40)33-19(29(45)46)10-13-58(48,49)15-17(27(41)42)6-5-7-18(31)28(43)44)32-21(36)8-3-2-4-12-54-59(50,51)57-60(52,53)55-14-20-23(38)24(39)26(56-20)35-11-9-22(37)34-30(35)47/h9,11,16-20,23-24,26,38-39H,2-8,10,12-15,31H2,1H3,(H,32,36)(H,33,40)(H,41,42)(H,43,44)(H,45,46)(H,48,49)(H,50,51)(H,52,53)(H,34,37,47)/t16-,17?,18-,19+,20+,23+,24+,26+/m0/s1. The van der Waals surface area contributed by atoms with E-state index in [4.69, 9.17) is 15.6 Å². The minimum atomic E-state index is -5.37. The lowest BCUT2D eigenvalue weighted by molar-refractivity contribution is -0.142. The molecule has 0 spiro atoms. The summed E-state index contributed by atoms with van der Waals surface area (Å²) < 4.78 is 56.7.